The lowest BCUT2D eigenvalue weighted by molar-refractivity contribution is -0.144. The summed E-state index contributed by atoms with van der Waals surface area (Å²) in [7, 11) is 0. The summed E-state index contributed by atoms with van der Waals surface area (Å²) >= 11 is 0. The highest BCUT2D eigenvalue weighted by molar-refractivity contribution is 5.75. The van der Waals surface area contributed by atoms with E-state index in [0.29, 0.717) is 6.61 Å². The third-order valence-electron chi connectivity index (χ3n) is 6.08. The maximum Gasteiger partial charge on any atom is 0.323 e. The summed E-state index contributed by atoms with van der Waals surface area (Å²) in [6, 6.07) is 38.7. The average molecular weight is 452 g/mol. The molecule has 0 fully saturated rings. The van der Waals surface area contributed by atoms with Crippen LogP contribution in [0.5, 0.6) is 0 Å². The van der Waals surface area contributed by atoms with E-state index in [1.54, 1.807) is 6.92 Å². The summed E-state index contributed by atoms with van der Waals surface area (Å²) in [5.74, 6) is -0.965. The number of hydrogen-bond donors (Lipinski definition) is 2. The highest BCUT2D eigenvalue weighted by Gasteiger charge is 2.41. The number of carbonyl (C=O) groups is 1. The maximum atomic E-state index is 12.6. The van der Waals surface area contributed by atoms with Gasteiger partial charge >= 0.3 is 5.97 Å². The Labute approximate surface area is 200 Å². The lowest BCUT2D eigenvalue weighted by Gasteiger charge is -2.40. The molecule has 0 bridgehead atoms. The molecule has 4 aromatic rings. The van der Waals surface area contributed by atoms with E-state index in [-0.39, 0.29) is 0 Å². The third-order valence-corrected chi connectivity index (χ3v) is 6.08. The molecule has 0 aromatic heterocycles. The molecule has 0 saturated heterocycles. The average Bonchev–Trinajstić information content (AvgIpc) is 2.90. The van der Waals surface area contributed by atoms with Crippen LogP contribution in [0.1, 0.15) is 29.2 Å². The molecule has 4 heteroatoms. The van der Waals surface area contributed by atoms with Gasteiger partial charge in [-0.3, -0.25) is 10.1 Å². The zero-order chi connectivity index (χ0) is 23.8. The van der Waals surface area contributed by atoms with Gasteiger partial charge in [-0.1, -0.05) is 121 Å². The second-order valence-corrected chi connectivity index (χ2v) is 8.31. The summed E-state index contributed by atoms with van der Waals surface area (Å²) in [5.41, 5.74) is 2.97. The van der Waals surface area contributed by atoms with Gasteiger partial charge in [-0.2, -0.15) is 0 Å². The number of nitrogens with one attached hydrogen (secondary N) is 1. The Balaban J connectivity index is 1.78. The fourth-order valence-corrected chi connectivity index (χ4v) is 4.33. The molecule has 0 saturated carbocycles. The van der Waals surface area contributed by atoms with Gasteiger partial charge in [-0.05, 0) is 29.2 Å². The molecule has 0 aliphatic heterocycles. The van der Waals surface area contributed by atoms with Crippen molar-refractivity contribution in [2.75, 3.05) is 0 Å². The lowest BCUT2D eigenvalue weighted by Crippen LogP contribution is -2.56. The molecule has 4 nitrogen and oxygen atoms in total. The van der Waals surface area contributed by atoms with Crippen molar-refractivity contribution in [2.45, 2.75) is 31.2 Å². The van der Waals surface area contributed by atoms with E-state index >= 15 is 0 Å². The van der Waals surface area contributed by atoms with Crippen LogP contribution in [0.25, 0.3) is 0 Å². The van der Waals surface area contributed by atoms with Crippen LogP contribution in [0.4, 0.5) is 0 Å². The molecule has 0 spiro atoms. The quantitative estimate of drug-likeness (QED) is 0.307. The van der Waals surface area contributed by atoms with E-state index < -0.39 is 23.7 Å². The largest absolute Gasteiger partial charge is 0.480 e. The molecular formula is C30H29NO3. The molecule has 2 atom stereocenters. The SMILES string of the molecule is CC(OCc1ccccc1)C(NC(c1ccccc1)(c1ccccc1)c1ccccc1)C(=O)O. The first-order chi connectivity index (χ1) is 16.6. The Hall–Kier alpha value is -3.73. The molecule has 2 N–H and O–H groups in total. The minimum Gasteiger partial charge on any atom is -0.480 e. The third kappa shape index (κ3) is 5.09. The van der Waals surface area contributed by atoms with Crippen LogP contribution in [-0.2, 0) is 21.7 Å². The molecule has 4 rings (SSSR count). The Morgan fingerprint density at radius 3 is 1.50 bits per heavy atom. The number of ether oxygens (including phenoxy) is 1. The van der Waals surface area contributed by atoms with Gasteiger partial charge in [0.25, 0.3) is 0 Å². The Morgan fingerprint density at radius 2 is 1.12 bits per heavy atom. The first kappa shape index (κ1) is 23.4. The summed E-state index contributed by atoms with van der Waals surface area (Å²) in [5, 5.41) is 13.8. The van der Waals surface area contributed by atoms with Gasteiger partial charge < -0.3 is 9.84 Å². The minimum atomic E-state index is -0.968. The number of hydrogen-bond acceptors (Lipinski definition) is 3. The van der Waals surface area contributed by atoms with Crippen molar-refractivity contribution in [1.29, 1.82) is 0 Å². The second-order valence-electron chi connectivity index (χ2n) is 8.31. The zero-order valence-electron chi connectivity index (χ0n) is 19.2. The normalized spacial score (nSPS) is 13.2. The van der Waals surface area contributed by atoms with Gasteiger partial charge in [0, 0.05) is 0 Å². The van der Waals surface area contributed by atoms with Crippen LogP contribution < -0.4 is 5.32 Å². The molecule has 4 aromatic carbocycles. The van der Waals surface area contributed by atoms with Crippen molar-refractivity contribution in [3.05, 3.63) is 144 Å². The fraction of sp³-hybridized carbons (Fsp3) is 0.167. The van der Waals surface area contributed by atoms with Gasteiger partial charge in [-0.25, -0.2) is 0 Å². The van der Waals surface area contributed by atoms with Crippen molar-refractivity contribution in [3.8, 4) is 0 Å². The predicted molar refractivity (Wildman–Crippen MR) is 134 cm³/mol. The van der Waals surface area contributed by atoms with Gasteiger partial charge in [-0.15, -0.1) is 0 Å². The lowest BCUT2D eigenvalue weighted by atomic mass is 9.76. The molecule has 172 valence electrons. The van der Waals surface area contributed by atoms with E-state index in [1.165, 1.54) is 0 Å². The number of benzene rings is 4. The molecule has 2 unspecified atom stereocenters. The summed E-state index contributed by atoms with van der Waals surface area (Å²) < 4.78 is 6.06. The highest BCUT2D eigenvalue weighted by Crippen LogP contribution is 2.37. The van der Waals surface area contributed by atoms with Crippen molar-refractivity contribution in [1.82, 2.24) is 5.32 Å². The number of carboxylic acids is 1. The molecule has 0 amide bonds. The van der Waals surface area contributed by atoms with Crippen LogP contribution in [0.2, 0.25) is 0 Å². The maximum absolute atomic E-state index is 12.6. The summed E-state index contributed by atoms with van der Waals surface area (Å²) in [6.45, 7) is 2.14. The predicted octanol–water partition coefficient (Wildman–Crippen LogP) is 5.63. The molecule has 0 radical (unpaired) electrons. The zero-order valence-corrected chi connectivity index (χ0v) is 19.2. The molecular weight excluding hydrogens is 422 g/mol. The van der Waals surface area contributed by atoms with E-state index in [0.717, 1.165) is 22.3 Å². The van der Waals surface area contributed by atoms with E-state index in [1.807, 2.05) is 121 Å². The Kier molecular flexibility index (Phi) is 7.53. The van der Waals surface area contributed by atoms with Gasteiger partial charge in [0.1, 0.15) is 6.04 Å². The van der Waals surface area contributed by atoms with Crippen LogP contribution in [0.3, 0.4) is 0 Å². The van der Waals surface area contributed by atoms with Crippen LogP contribution in [0, 0.1) is 0 Å². The first-order valence-electron chi connectivity index (χ1n) is 11.4. The number of aliphatic carboxylic acids is 1. The van der Waals surface area contributed by atoms with Crippen molar-refractivity contribution >= 4 is 5.97 Å². The molecule has 0 aliphatic rings. The monoisotopic (exact) mass is 451 g/mol. The van der Waals surface area contributed by atoms with E-state index in [4.69, 9.17) is 4.74 Å². The standard InChI is InChI=1S/C30H29NO3/c1-23(34-22-24-14-6-2-7-15-24)28(29(32)33)31-30(25-16-8-3-9-17-25,26-18-10-4-11-19-26)27-20-12-5-13-21-27/h2-21,23,28,31H,22H2,1H3,(H,32,33). The van der Waals surface area contributed by atoms with Gasteiger partial charge in [0.2, 0.25) is 0 Å². The van der Waals surface area contributed by atoms with Crippen molar-refractivity contribution in [3.63, 3.8) is 0 Å². The first-order valence-corrected chi connectivity index (χ1v) is 11.4. The van der Waals surface area contributed by atoms with Crippen LogP contribution >= 0.6 is 0 Å². The molecule has 0 aliphatic carbocycles. The smallest absolute Gasteiger partial charge is 0.323 e. The Morgan fingerprint density at radius 1 is 0.735 bits per heavy atom. The van der Waals surface area contributed by atoms with E-state index in [2.05, 4.69) is 5.32 Å². The summed E-state index contributed by atoms with van der Waals surface area (Å²) in [6.07, 6.45) is -0.590. The number of carboxylic acid groups (broad SMARTS) is 1. The molecule has 0 heterocycles. The van der Waals surface area contributed by atoms with Crippen molar-refractivity contribution in [2.24, 2.45) is 0 Å². The topological polar surface area (TPSA) is 58.6 Å². The van der Waals surface area contributed by atoms with Crippen LogP contribution in [0.15, 0.2) is 121 Å². The van der Waals surface area contributed by atoms with Crippen molar-refractivity contribution < 1.29 is 14.6 Å². The highest BCUT2D eigenvalue weighted by atomic mass is 16.5. The number of rotatable bonds is 10. The second kappa shape index (κ2) is 10.9. The molecule has 34 heavy (non-hydrogen) atoms. The fourth-order valence-electron chi connectivity index (χ4n) is 4.33. The Bertz CT molecular complexity index is 1070. The minimum absolute atomic E-state index is 0.336. The van der Waals surface area contributed by atoms with Gasteiger partial charge in [0.05, 0.1) is 18.2 Å². The van der Waals surface area contributed by atoms with E-state index in [9.17, 15) is 9.90 Å². The summed E-state index contributed by atoms with van der Waals surface area (Å²) in [4.78, 5) is 12.6. The van der Waals surface area contributed by atoms with Crippen LogP contribution in [-0.4, -0.2) is 23.2 Å². The van der Waals surface area contributed by atoms with Gasteiger partial charge in [0.15, 0.2) is 0 Å².